The van der Waals surface area contributed by atoms with Crippen molar-refractivity contribution in [2.45, 2.75) is 13.1 Å². The monoisotopic (exact) mass is 210 g/mol. The molecule has 0 aromatic carbocycles. The number of alkyl halides is 3. The fourth-order valence-corrected chi connectivity index (χ4v) is 0.708. The standard InChI is InChI=1S/C6H5F3N2O3/c1-2-13-5(12)3-4(6(7,8)9)11-14-10-3/h2H2,1H3. The molecular weight excluding hydrogens is 205 g/mol. The summed E-state index contributed by atoms with van der Waals surface area (Å²) in [6.07, 6.45) is -4.78. The van der Waals surface area contributed by atoms with Crippen molar-refractivity contribution < 1.29 is 27.3 Å². The third kappa shape index (κ3) is 2.01. The molecule has 0 spiro atoms. The predicted octanol–water partition coefficient (Wildman–Crippen LogP) is 1.27. The minimum Gasteiger partial charge on any atom is -0.461 e. The van der Waals surface area contributed by atoms with Gasteiger partial charge in [-0.2, -0.15) is 13.2 Å². The number of hydrogen-bond acceptors (Lipinski definition) is 5. The maximum Gasteiger partial charge on any atom is 0.439 e. The first-order chi connectivity index (χ1) is 6.46. The van der Waals surface area contributed by atoms with Crippen LogP contribution in [0.3, 0.4) is 0 Å². The van der Waals surface area contributed by atoms with E-state index in [0.29, 0.717) is 0 Å². The summed E-state index contributed by atoms with van der Waals surface area (Å²) < 4.78 is 44.5. The van der Waals surface area contributed by atoms with Gasteiger partial charge in [-0.1, -0.05) is 0 Å². The summed E-state index contributed by atoms with van der Waals surface area (Å²) in [4.78, 5) is 10.9. The van der Waals surface area contributed by atoms with Crippen LogP contribution in [-0.2, 0) is 10.9 Å². The summed E-state index contributed by atoms with van der Waals surface area (Å²) in [6.45, 7) is 1.40. The quantitative estimate of drug-likeness (QED) is 0.687. The first-order valence-electron chi connectivity index (χ1n) is 3.53. The van der Waals surface area contributed by atoms with Gasteiger partial charge in [-0.3, -0.25) is 0 Å². The van der Waals surface area contributed by atoms with E-state index >= 15 is 0 Å². The van der Waals surface area contributed by atoms with E-state index in [0.717, 1.165) is 0 Å². The van der Waals surface area contributed by atoms with Gasteiger partial charge in [0, 0.05) is 0 Å². The maximum absolute atomic E-state index is 12.1. The topological polar surface area (TPSA) is 65.2 Å². The van der Waals surface area contributed by atoms with Crippen molar-refractivity contribution in [2.24, 2.45) is 0 Å². The second-order valence-electron chi connectivity index (χ2n) is 2.18. The molecule has 1 heterocycles. The molecule has 0 amide bonds. The molecule has 1 rings (SSSR count). The highest BCUT2D eigenvalue weighted by molar-refractivity contribution is 5.88. The average Bonchev–Trinajstić information content (AvgIpc) is 2.50. The van der Waals surface area contributed by atoms with E-state index in [2.05, 4.69) is 19.7 Å². The molecule has 1 aromatic heterocycles. The number of aromatic nitrogens is 2. The molecule has 0 fully saturated rings. The summed E-state index contributed by atoms with van der Waals surface area (Å²) in [5.74, 6) is -1.21. The molecular formula is C6H5F3N2O3. The highest BCUT2D eigenvalue weighted by Crippen LogP contribution is 2.29. The first kappa shape index (κ1) is 10.5. The maximum atomic E-state index is 12.1. The van der Waals surface area contributed by atoms with Crippen molar-refractivity contribution in [2.75, 3.05) is 6.61 Å². The number of esters is 1. The molecule has 14 heavy (non-hydrogen) atoms. The molecule has 1 aromatic rings. The summed E-state index contributed by atoms with van der Waals surface area (Å²) in [6, 6.07) is 0. The predicted molar refractivity (Wildman–Crippen MR) is 35.3 cm³/mol. The Morgan fingerprint density at radius 1 is 1.50 bits per heavy atom. The normalized spacial score (nSPS) is 11.4. The van der Waals surface area contributed by atoms with Crippen LogP contribution in [0.2, 0.25) is 0 Å². The lowest BCUT2D eigenvalue weighted by Gasteiger charge is -2.02. The van der Waals surface area contributed by atoms with Crippen LogP contribution in [0.1, 0.15) is 23.1 Å². The smallest absolute Gasteiger partial charge is 0.439 e. The zero-order valence-electron chi connectivity index (χ0n) is 6.96. The van der Waals surface area contributed by atoms with Crippen LogP contribution in [0, 0.1) is 0 Å². The van der Waals surface area contributed by atoms with Crippen molar-refractivity contribution in [1.29, 1.82) is 0 Å². The van der Waals surface area contributed by atoms with Crippen LogP contribution in [0.4, 0.5) is 13.2 Å². The largest absolute Gasteiger partial charge is 0.461 e. The Labute approximate surface area is 75.8 Å². The van der Waals surface area contributed by atoms with Gasteiger partial charge in [-0.05, 0) is 17.2 Å². The van der Waals surface area contributed by atoms with Crippen LogP contribution in [0.5, 0.6) is 0 Å². The molecule has 0 radical (unpaired) electrons. The Bertz CT molecular complexity index is 333. The van der Waals surface area contributed by atoms with Gasteiger partial charge in [0.25, 0.3) is 0 Å². The second-order valence-corrected chi connectivity index (χ2v) is 2.18. The molecule has 0 aliphatic rings. The van der Waals surface area contributed by atoms with Gasteiger partial charge in [0.15, 0.2) is 0 Å². The number of carbonyl (C=O) groups is 1. The molecule has 78 valence electrons. The SMILES string of the molecule is CCOC(=O)c1nonc1C(F)(F)F. The second kappa shape index (κ2) is 3.64. The van der Waals surface area contributed by atoms with Crippen molar-refractivity contribution in [3.8, 4) is 0 Å². The van der Waals surface area contributed by atoms with E-state index in [4.69, 9.17) is 0 Å². The van der Waals surface area contributed by atoms with E-state index in [1.807, 2.05) is 0 Å². The Morgan fingerprint density at radius 3 is 2.64 bits per heavy atom. The van der Waals surface area contributed by atoms with Crippen molar-refractivity contribution in [1.82, 2.24) is 10.3 Å². The van der Waals surface area contributed by atoms with E-state index in [9.17, 15) is 18.0 Å². The van der Waals surface area contributed by atoms with Gasteiger partial charge in [0.1, 0.15) is 0 Å². The molecule has 0 N–H and O–H groups in total. The molecule has 0 aliphatic heterocycles. The summed E-state index contributed by atoms with van der Waals surface area (Å²) in [7, 11) is 0. The Kier molecular flexibility index (Phi) is 2.73. The molecule has 0 aliphatic carbocycles. The van der Waals surface area contributed by atoms with Crippen molar-refractivity contribution in [3.05, 3.63) is 11.4 Å². The highest BCUT2D eigenvalue weighted by atomic mass is 19.4. The molecule has 0 unspecified atom stereocenters. The zero-order valence-corrected chi connectivity index (χ0v) is 6.96. The van der Waals surface area contributed by atoms with E-state index in [1.54, 1.807) is 0 Å². The molecule has 0 atom stereocenters. The van der Waals surface area contributed by atoms with Gasteiger partial charge in [0.05, 0.1) is 6.61 Å². The fraction of sp³-hybridized carbons (Fsp3) is 0.500. The molecule has 8 heteroatoms. The number of ether oxygens (including phenoxy) is 1. The van der Waals surface area contributed by atoms with Gasteiger partial charge in [-0.25, -0.2) is 9.42 Å². The number of carbonyl (C=O) groups excluding carboxylic acids is 1. The average molecular weight is 210 g/mol. The fourth-order valence-electron chi connectivity index (χ4n) is 0.708. The van der Waals surface area contributed by atoms with E-state index in [-0.39, 0.29) is 6.61 Å². The van der Waals surface area contributed by atoms with Crippen LogP contribution in [-0.4, -0.2) is 22.9 Å². The van der Waals surface area contributed by atoms with Crippen LogP contribution < -0.4 is 0 Å². The third-order valence-corrected chi connectivity index (χ3v) is 1.23. The minimum absolute atomic E-state index is 0.0526. The molecule has 0 bridgehead atoms. The zero-order chi connectivity index (χ0) is 10.8. The Hall–Kier alpha value is -1.60. The summed E-state index contributed by atoms with van der Waals surface area (Å²) >= 11 is 0. The number of rotatable bonds is 2. The summed E-state index contributed by atoms with van der Waals surface area (Å²) in [5.41, 5.74) is -2.43. The first-order valence-corrected chi connectivity index (χ1v) is 3.53. The van der Waals surface area contributed by atoms with E-state index in [1.165, 1.54) is 6.92 Å². The molecule has 0 saturated heterocycles. The minimum atomic E-state index is -4.78. The van der Waals surface area contributed by atoms with Crippen LogP contribution >= 0.6 is 0 Å². The van der Waals surface area contributed by atoms with Gasteiger partial charge >= 0.3 is 12.1 Å². The van der Waals surface area contributed by atoms with Gasteiger partial charge in [0.2, 0.25) is 11.4 Å². The van der Waals surface area contributed by atoms with Crippen molar-refractivity contribution in [3.63, 3.8) is 0 Å². The number of halogens is 3. The number of hydrogen-bond donors (Lipinski definition) is 0. The van der Waals surface area contributed by atoms with Crippen LogP contribution in [0.15, 0.2) is 4.63 Å². The van der Waals surface area contributed by atoms with Crippen LogP contribution in [0.25, 0.3) is 0 Å². The Balaban J connectivity index is 2.99. The lowest BCUT2D eigenvalue weighted by Crippen LogP contribution is -2.15. The number of nitrogens with zero attached hydrogens (tertiary/aromatic N) is 2. The highest BCUT2D eigenvalue weighted by Gasteiger charge is 2.41. The van der Waals surface area contributed by atoms with Crippen molar-refractivity contribution >= 4 is 5.97 Å². The summed E-state index contributed by atoms with van der Waals surface area (Å²) in [5, 5.41) is 5.40. The molecule has 5 nitrogen and oxygen atoms in total. The Morgan fingerprint density at radius 2 is 2.14 bits per heavy atom. The van der Waals surface area contributed by atoms with Gasteiger partial charge < -0.3 is 4.74 Å². The van der Waals surface area contributed by atoms with E-state index < -0.39 is 23.5 Å². The lowest BCUT2D eigenvalue weighted by molar-refractivity contribution is -0.143. The lowest BCUT2D eigenvalue weighted by atomic mass is 10.3. The molecule has 0 saturated carbocycles. The third-order valence-electron chi connectivity index (χ3n) is 1.23. The van der Waals surface area contributed by atoms with Gasteiger partial charge in [-0.15, -0.1) is 0 Å².